The molecule has 0 aromatic carbocycles. The highest BCUT2D eigenvalue weighted by atomic mass is 19.3. The van der Waals surface area contributed by atoms with Gasteiger partial charge in [-0.15, -0.1) is 0 Å². The number of methoxy groups -OCH3 is 1. The Morgan fingerprint density at radius 1 is 1.33 bits per heavy atom. The van der Waals surface area contributed by atoms with Crippen LogP contribution in [0.25, 0.3) is 0 Å². The van der Waals surface area contributed by atoms with Crippen molar-refractivity contribution in [2.45, 2.75) is 19.8 Å². The summed E-state index contributed by atoms with van der Waals surface area (Å²) in [4.78, 5) is 19.1. The topological polar surface area (TPSA) is 70.5 Å². The van der Waals surface area contributed by atoms with Gasteiger partial charge in [-0.25, -0.2) is 23.5 Å². The summed E-state index contributed by atoms with van der Waals surface area (Å²) in [5, 5.41) is 0. The molecule has 118 valence electrons. The summed E-state index contributed by atoms with van der Waals surface area (Å²) in [6, 6.07) is 0. The van der Waals surface area contributed by atoms with E-state index in [-0.39, 0.29) is 31.0 Å². The van der Waals surface area contributed by atoms with Crippen LogP contribution >= 0.6 is 0 Å². The predicted molar refractivity (Wildman–Crippen MR) is 69.3 cm³/mol. The summed E-state index contributed by atoms with van der Waals surface area (Å²) < 4.78 is 40.6. The Morgan fingerprint density at radius 3 is 2.71 bits per heavy atom. The van der Waals surface area contributed by atoms with E-state index in [1.165, 1.54) is 0 Å². The van der Waals surface area contributed by atoms with Crippen LogP contribution in [0.1, 0.15) is 35.2 Å². The number of hydrogen-bond donors (Lipinski definition) is 0. The van der Waals surface area contributed by atoms with Crippen molar-refractivity contribution in [3.8, 4) is 0 Å². The Labute approximate surface area is 121 Å². The summed E-state index contributed by atoms with van der Waals surface area (Å²) in [7, 11) is 1.55. The number of halogens is 2. The second kappa shape index (κ2) is 9.30. The van der Waals surface area contributed by atoms with Crippen molar-refractivity contribution in [1.29, 1.82) is 0 Å². The van der Waals surface area contributed by atoms with Crippen molar-refractivity contribution in [2.24, 2.45) is 0 Å². The van der Waals surface area contributed by atoms with E-state index < -0.39 is 18.1 Å². The fraction of sp³-hybridized carbons (Fsp3) is 0.615. The number of carbonyl (C=O) groups excluding carboxylic acids is 1. The normalized spacial score (nSPS) is 10.9. The maximum atomic E-state index is 13.0. The van der Waals surface area contributed by atoms with E-state index in [0.717, 1.165) is 6.20 Å². The molecule has 8 heteroatoms. The van der Waals surface area contributed by atoms with Crippen LogP contribution in [0.3, 0.4) is 0 Å². The molecule has 0 amide bonds. The van der Waals surface area contributed by atoms with Crippen LogP contribution in [-0.4, -0.2) is 49.5 Å². The fourth-order valence-electron chi connectivity index (χ4n) is 1.49. The number of esters is 1. The maximum Gasteiger partial charge on any atom is 0.341 e. The fourth-order valence-corrected chi connectivity index (χ4v) is 1.49. The van der Waals surface area contributed by atoms with Gasteiger partial charge >= 0.3 is 5.97 Å². The third-order valence-corrected chi connectivity index (χ3v) is 2.47. The van der Waals surface area contributed by atoms with E-state index in [1.54, 1.807) is 14.0 Å². The zero-order chi connectivity index (χ0) is 15.7. The monoisotopic (exact) mass is 304 g/mol. The van der Waals surface area contributed by atoms with E-state index >= 15 is 0 Å². The van der Waals surface area contributed by atoms with Crippen molar-refractivity contribution in [3.63, 3.8) is 0 Å². The maximum absolute atomic E-state index is 13.0. The molecule has 1 aromatic rings. The molecule has 0 N–H and O–H groups in total. The van der Waals surface area contributed by atoms with E-state index in [1.807, 2.05) is 0 Å². The first-order valence-corrected chi connectivity index (χ1v) is 6.47. The van der Waals surface area contributed by atoms with Crippen LogP contribution in [0.4, 0.5) is 8.78 Å². The Bertz CT molecular complexity index is 458. The molecule has 0 fully saturated rings. The second-order valence-corrected chi connectivity index (χ2v) is 3.96. The Balaban J connectivity index is 2.71. The van der Waals surface area contributed by atoms with Gasteiger partial charge in [-0.3, -0.25) is 0 Å². The first-order valence-electron chi connectivity index (χ1n) is 6.47. The molecule has 0 atom stereocenters. The minimum atomic E-state index is -2.87. The highest BCUT2D eigenvalue weighted by Gasteiger charge is 2.22. The molecule has 0 aliphatic rings. The molecule has 0 radical (unpaired) electrons. The number of rotatable bonds is 9. The van der Waals surface area contributed by atoms with Gasteiger partial charge in [0.05, 0.1) is 26.4 Å². The van der Waals surface area contributed by atoms with Crippen LogP contribution in [0.5, 0.6) is 0 Å². The Morgan fingerprint density at radius 2 is 2.10 bits per heavy atom. The smallest absolute Gasteiger partial charge is 0.341 e. The van der Waals surface area contributed by atoms with Gasteiger partial charge in [0.2, 0.25) is 0 Å². The first-order chi connectivity index (χ1) is 10.1. The van der Waals surface area contributed by atoms with E-state index in [0.29, 0.717) is 13.2 Å². The van der Waals surface area contributed by atoms with Gasteiger partial charge in [-0.1, -0.05) is 0 Å². The third kappa shape index (κ3) is 5.68. The summed E-state index contributed by atoms with van der Waals surface area (Å²) in [6.45, 7) is 2.82. The summed E-state index contributed by atoms with van der Waals surface area (Å²) in [5.74, 6) is -0.661. The number of ether oxygens (including phenoxy) is 3. The molecule has 6 nitrogen and oxygen atoms in total. The lowest BCUT2D eigenvalue weighted by molar-refractivity contribution is 0.0512. The van der Waals surface area contributed by atoms with E-state index in [9.17, 15) is 13.6 Å². The molecule has 0 spiro atoms. The van der Waals surface area contributed by atoms with Crippen LogP contribution in [0, 0.1) is 0 Å². The second-order valence-electron chi connectivity index (χ2n) is 3.96. The quantitative estimate of drug-likeness (QED) is 0.512. The van der Waals surface area contributed by atoms with Crippen LogP contribution in [0.2, 0.25) is 0 Å². The molecular weight excluding hydrogens is 286 g/mol. The third-order valence-electron chi connectivity index (χ3n) is 2.47. The van der Waals surface area contributed by atoms with Crippen molar-refractivity contribution >= 4 is 5.97 Å². The van der Waals surface area contributed by atoms with Gasteiger partial charge in [0.15, 0.2) is 0 Å². The highest BCUT2D eigenvalue weighted by Crippen LogP contribution is 2.21. The molecule has 0 saturated carbocycles. The summed E-state index contributed by atoms with van der Waals surface area (Å²) >= 11 is 0. The van der Waals surface area contributed by atoms with Crippen molar-refractivity contribution in [2.75, 3.05) is 33.5 Å². The zero-order valence-corrected chi connectivity index (χ0v) is 12.0. The molecule has 1 heterocycles. The zero-order valence-electron chi connectivity index (χ0n) is 12.0. The molecule has 21 heavy (non-hydrogen) atoms. The lowest BCUT2D eigenvalue weighted by Crippen LogP contribution is -2.14. The molecular formula is C13H18F2N2O4. The standard InChI is InChI=1S/C13H18F2N2O4/c1-3-21-13(18)9-8-16-10(17-11(9)12(14)15)4-5-20-7-6-19-2/h8,12H,3-7H2,1-2H3. The lowest BCUT2D eigenvalue weighted by Gasteiger charge is -2.09. The highest BCUT2D eigenvalue weighted by molar-refractivity contribution is 5.90. The van der Waals surface area contributed by atoms with Crippen molar-refractivity contribution in [1.82, 2.24) is 9.97 Å². The predicted octanol–water partition coefficient (Wildman–Crippen LogP) is 1.80. The number of alkyl halides is 2. The van der Waals surface area contributed by atoms with E-state index in [4.69, 9.17) is 14.2 Å². The minimum Gasteiger partial charge on any atom is -0.462 e. The number of carbonyl (C=O) groups is 1. The number of nitrogens with zero attached hydrogens (tertiary/aromatic N) is 2. The summed E-state index contributed by atoms with van der Waals surface area (Å²) in [5.41, 5.74) is -0.925. The van der Waals surface area contributed by atoms with E-state index in [2.05, 4.69) is 9.97 Å². The molecule has 0 saturated heterocycles. The number of aromatic nitrogens is 2. The van der Waals surface area contributed by atoms with Gasteiger partial charge in [-0.05, 0) is 6.92 Å². The Kier molecular flexibility index (Phi) is 7.70. The minimum absolute atomic E-state index is 0.0939. The molecule has 1 rings (SSSR count). The van der Waals surface area contributed by atoms with Gasteiger partial charge < -0.3 is 14.2 Å². The average Bonchev–Trinajstić information content (AvgIpc) is 2.47. The number of hydrogen-bond acceptors (Lipinski definition) is 6. The molecule has 0 aliphatic carbocycles. The van der Waals surface area contributed by atoms with Crippen molar-refractivity contribution < 1.29 is 27.8 Å². The summed E-state index contributed by atoms with van der Waals surface area (Å²) in [6.07, 6.45) is -1.54. The largest absolute Gasteiger partial charge is 0.462 e. The lowest BCUT2D eigenvalue weighted by atomic mass is 10.2. The molecule has 0 bridgehead atoms. The van der Waals surface area contributed by atoms with Crippen LogP contribution in [-0.2, 0) is 20.6 Å². The van der Waals surface area contributed by atoms with Gasteiger partial charge in [0.1, 0.15) is 17.1 Å². The Hall–Kier alpha value is -1.67. The van der Waals surface area contributed by atoms with Crippen molar-refractivity contribution in [3.05, 3.63) is 23.3 Å². The van der Waals surface area contributed by atoms with Gasteiger partial charge in [0.25, 0.3) is 6.43 Å². The molecule has 0 unspecified atom stereocenters. The van der Waals surface area contributed by atoms with Crippen LogP contribution in [0.15, 0.2) is 6.20 Å². The first kappa shape index (κ1) is 17.4. The SMILES string of the molecule is CCOC(=O)c1cnc(CCOCCOC)nc1C(F)F. The van der Waals surface area contributed by atoms with Gasteiger partial charge in [0, 0.05) is 19.7 Å². The van der Waals surface area contributed by atoms with Crippen LogP contribution < -0.4 is 0 Å². The van der Waals surface area contributed by atoms with Gasteiger partial charge in [-0.2, -0.15) is 0 Å². The molecule has 0 aliphatic heterocycles. The average molecular weight is 304 g/mol. The molecule has 1 aromatic heterocycles.